The molecular formula is C34H49IrN2O2Si-. The summed E-state index contributed by atoms with van der Waals surface area (Å²) in [5.74, 6) is 1.33. The van der Waals surface area contributed by atoms with Crippen LogP contribution >= 0.6 is 0 Å². The predicted octanol–water partition coefficient (Wildman–Crippen LogP) is 8.81. The zero-order valence-electron chi connectivity index (χ0n) is 26.2. The number of benzene rings is 2. The Kier molecular flexibility index (Phi) is 14.1. The monoisotopic (exact) mass is 738 g/mol. The second-order valence-corrected chi connectivity index (χ2v) is 17.4. The summed E-state index contributed by atoms with van der Waals surface area (Å²) in [5.41, 5.74) is 2.35. The molecule has 2 aromatic carbocycles. The Balaban J connectivity index is 0.000000437. The van der Waals surface area contributed by atoms with Crippen molar-refractivity contribution < 1.29 is 30.0 Å². The fraction of sp³-hybridized carbons (Fsp3) is 0.500. The van der Waals surface area contributed by atoms with Gasteiger partial charge in [-0.05, 0) is 37.2 Å². The van der Waals surface area contributed by atoms with E-state index in [4.69, 9.17) is 4.98 Å². The van der Waals surface area contributed by atoms with Crippen LogP contribution in [0, 0.1) is 17.9 Å². The number of aromatic nitrogens is 2. The van der Waals surface area contributed by atoms with E-state index >= 15 is 0 Å². The number of rotatable bonds is 9. The van der Waals surface area contributed by atoms with Crippen molar-refractivity contribution in [3.05, 3.63) is 66.1 Å². The summed E-state index contributed by atoms with van der Waals surface area (Å²) >= 11 is 0. The molecule has 0 spiro atoms. The molecule has 4 nitrogen and oxygen atoms in total. The second-order valence-electron chi connectivity index (χ2n) is 12.4. The number of carbonyl (C=O) groups excluding carboxylic acids is 1. The van der Waals surface area contributed by atoms with E-state index < -0.39 is 8.07 Å². The van der Waals surface area contributed by atoms with Crippen LogP contribution < -0.4 is 5.32 Å². The largest absolute Gasteiger partial charge is 0.512 e. The molecule has 0 aliphatic carbocycles. The summed E-state index contributed by atoms with van der Waals surface area (Å²) in [5, 5.41) is 13.3. The first-order valence-corrected chi connectivity index (χ1v) is 18.0. The van der Waals surface area contributed by atoms with Crippen LogP contribution in [0.3, 0.4) is 0 Å². The van der Waals surface area contributed by atoms with Crippen molar-refractivity contribution in [3.8, 4) is 11.4 Å². The molecule has 0 atom stereocenters. The van der Waals surface area contributed by atoms with Crippen LogP contribution in [0.1, 0.15) is 79.7 Å². The fourth-order valence-electron chi connectivity index (χ4n) is 4.66. The SMILES string of the molecule is CC(C)(C)c1cc(-c2nccc([Si](C)(C)C)n2)[c-]c2ccccc12.CCC(CC)C(=O)/C=C(\O)C(CC)CC.[Ir]. The summed E-state index contributed by atoms with van der Waals surface area (Å²) in [6.45, 7) is 21.7. The zero-order chi connectivity index (χ0) is 29.4. The second kappa shape index (κ2) is 15.7. The van der Waals surface area contributed by atoms with E-state index in [1.807, 2.05) is 33.9 Å². The van der Waals surface area contributed by atoms with E-state index in [-0.39, 0.29) is 48.9 Å². The molecule has 1 radical (unpaired) electrons. The molecule has 0 unspecified atom stereocenters. The number of aliphatic hydroxyl groups is 1. The van der Waals surface area contributed by atoms with Crippen molar-refractivity contribution in [1.82, 2.24) is 9.97 Å². The molecule has 3 aromatic rings. The summed E-state index contributed by atoms with van der Waals surface area (Å²) in [6.07, 6.45) is 6.79. The first-order chi connectivity index (χ1) is 18.3. The van der Waals surface area contributed by atoms with Gasteiger partial charge in [-0.2, -0.15) is 0 Å². The number of allylic oxidation sites excluding steroid dienone is 2. The van der Waals surface area contributed by atoms with Crippen LogP contribution in [0.25, 0.3) is 22.2 Å². The maximum atomic E-state index is 11.7. The Morgan fingerprint density at radius 1 is 0.975 bits per heavy atom. The number of carbonyl (C=O) groups is 1. The third kappa shape index (κ3) is 9.75. The van der Waals surface area contributed by atoms with Crippen molar-refractivity contribution in [2.75, 3.05) is 0 Å². The van der Waals surface area contributed by atoms with Crippen molar-refractivity contribution in [1.29, 1.82) is 0 Å². The van der Waals surface area contributed by atoms with Gasteiger partial charge in [0, 0.05) is 49.5 Å². The van der Waals surface area contributed by atoms with Gasteiger partial charge in [0.1, 0.15) is 8.07 Å². The molecule has 0 saturated carbocycles. The smallest absolute Gasteiger partial charge is 0.162 e. The Hall–Kier alpha value is -2.14. The van der Waals surface area contributed by atoms with E-state index in [1.54, 1.807) is 0 Å². The molecule has 40 heavy (non-hydrogen) atoms. The Morgan fingerprint density at radius 3 is 2.08 bits per heavy atom. The van der Waals surface area contributed by atoms with Gasteiger partial charge in [-0.15, -0.1) is 29.1 Å². The molecule has 3 rings (SSSR count). The molecule has 221 valence electrons. The molecule has 1 aromatic heterocycles. The van der Waals surface area contributed by atoms with Gasteiger partial charge in [-0.25, -0.2) is 0 Å². The molecule has 1 N–H and O–H groups in total. The van der Waals surface area contributed by atoms with Crippen LogP contribution in [0.15, 0.2) is 54.4 Å². The summed E-state index contributed by atoms with van der Waals surface area (Å²) < 4.78 is 0. The van der Waals surface area contributed by atoms with E-state index in [1.165, 1.54) is 22.3 Å². The predicted molar refractivity (Wildman–Crippen MR) is 169 cm³/mol. The molecule has 6 heteroatoms. The number of nitrogens with zero attached hydrogens (tertiary/aromatic N) is 2. The number of hydrogen-bond donors (Lipinski definition) is 1. The van der Waals surface area contributed by atoms with Crippen LogP contribution in [0.2, 0.25) is 19.6 Å². The van der Waals surface area contributed by atoms with Gasteiger partial charge >= 0.3 is 0 Å². The van der Waals surface area contributed by atoms with E-state index in [0.717, 1.165) is 42.5 Å². The molecule has 1 heterocycles. The molecule has 0 saturated heterocycles. The zero-order valence-corrected chi connectivity index (χ0v) is 29.6. The van der Waals surface area contributed by atoms with Crippen LogP contribution in [-0.2, 0) is 30.3 Å². The quantitative estimate of drug-likeness (QED) is 0.103. The molecule has 0 bridgehead atoms. The summed E-state index contributed by atoms with van der Waals surface area (Å²) in [6, 6.07) is 16.2. The molecule has 0 fully saturated rings. The third-order valence-electron chi connectivity index (χ3n) is 7.33. The number of aliphatic hydroxyl groups excluding tert-OH is 1. The number of fused-ring (bicyclic) bond motifs is 1. The standard InChI is InChI=1S/C21H25N2Si.C13H24O2.Ir/c1-21(2,3)18-14-16(13-15-9-7-8-10-17(15)18)20-22-12-11-19(23-20)24(4,5)6;1-5-10(6-2)12(14)9-13(15)11(7-3)8-4;/h7-12,14H,1-6H3;9-11,14H,5-8H2,1-4H3;/q-1;;/b;12-9-;. The topological polar surface area (TPSA) is 63.1 Å². The van der Waals surface area contributed by atoms with Crippen LogP contribution in [-0.4, -0.2) is 28.9 Å². The summed E-state index contributed by atoms with van der Waals surface area (Å²) in [7, 11) is -1.47. The third-order valence-corrected chi connectivity index (χ3v) is 9.15. The number of ketones is 1. The minimum Gasteiger partial charge on any atom is -0.512 e. The van der Waals surface area contributed by atoms with E-state index in [9.17, 15) is 9.90 Å². The first-order valence-electron chi connectivity index (χ1n) is 14.5. The van der Waals surface area contributed by atoms with Crippen molar-refractivity contribution in [3.63, 3.8) is 0 Å². The molecular weight excluding hydrogens is 689 g/mol. The van der Waals surface area contributed by atoms with Crippen molar-refractivity contribution >= 4 is 29.9 Å². The van der Waals surface area contributed by atoms with Crippen LogP contribution in [0.5, 0.6) is 0 Å². The Labute approximate surface area is 257 Å². The fourth-order valence-corrected chi connectivity index (χ4v) is 5.67. The normalized spacial score (nSPS) is 12.2. The number of hydrogen-bond acceptors (Lipinski definition) is 4. The average Bonchev–Trinajstić information content (AvgIpc) is 2.89. The maximum absolute atomic E-state index is 11.7. The minimum absolute atomic E-state index is 0. The van der Waals surface area contributed by atoms with E-state index in [0.29, 0.717) is 0 Å². The maximum Gasteiger partial charge on any atom is 0.162 e. The molecule has 0 aliphatic rings. The van der Waals surface area contributed by atoms with Gasteiger partial charge < -0.3 is 5.11 Å². The van der Waals surface area contributed by atoms with Crippen LogP contribution in [0.4, 0.5) is 0 Å². The van der Waals surface area contributed by atoms with Gasteiger partial charge in [0.2, 0.25) is 0 Å². The Morgan fingerprint density at radius 2 is 1.55 bits per heavy atom. The first kappa shape index (κ1) is 35.9. The van der Waals surface area contributed by atoms with Crippen molar-refractivity contribution in [2.24, 2.45) is 11.8 Å². The van der Waals surface area contributed by atoms with Gasteiger partial charge in [0.25, 0.3) is 0 Å². The minimum atomic E-state index is -1.47. The summed E-state index contributed by atoms with van der Waals surface area (Å²) in [4.78, 5) is 21.1. The van der Waals surface area contributed by atoms with Gasteiger partial charge in [-0.1, -0.05) is 97.3 Å². The molecule has 0 aliphatic heterocycles. The van der Waals surface area contributed by atoms with Crippen molar-refractivity contribution in [2.45, 2.75) is 99.2 Å². The molecule has 0 amide bonds. The van der Waals surface area contributed by atoms with E-state index in [2.05, 4.69) is 87.9 Å². The van der Waals surface area contributed by atoms with Gasteiger partial charge in [0.15, 0.2) is 5.78 Å². The van der Waals surface area contributed by atoms with Gasteiger partial charge in [0.05, 0.1) is 11.6 Å². The Bertz CT molecular complexity index is 1270. The van der Waals surface area contributed by atoms with Gasteiger partial charge in [-0.3, -0.25) is 14.8 Å². The average molecular weight is 738 g/mol.